The van der Waals surface area contributed by atoms with E-state index in [9.17, 15) is 13.5 Å². The van der Waals surface area contributed by atoms with E-state index in [-0.39, 0.29) is 11.5 Å². The standard InChI is InChI=1S/C14H20BrNO4S/c1-2-20-12-6-5-11(15)9-13(12)21(18,19)16-14(10-17)7-3-4-8-14/h5-6,9,16-17H,2-4,7-8,10H2,1H3. The van der Waals surface area contributed by atoms with Crippen molar-refractivity contribution >= 4 is 26.0 Å². The average Bonchev–Trinajstić information content (AvgIpc) is 2.89. The fourth-order valence-corrected chi connectivity index (χ4v) is 4.79. The summed E-state index contributed by atoms with van der Waals surface area (Å²) in [5, 5.41) is 9.59. The van der Waals surface area contributed by atoms with Crippen LogP contribution in [-0.2, 0) is 10.0 Å². The molecule has 1 aromatic rings. The van der Waals surface area contributed by atoms with Gasteiger partial charge < -0.3 is 9.84 Å². The minimum absolute atomic E-state index is 0.0958. The number of sulfonamides is 1. The molecule has 21 heavy (non-hydrogen) atoms. The first-order valence-electron chi connectivity index (χ1n) is 7.00. The number of halogens is 1. The van der Waals surface area contributed by atoms with Crippen molar-refractivity contribution in [2.24, 2.45) is 0 Å². The molecule has 1 aliphatic carbocycles. The lowest BCUT2D eigenvalue weighted by atomic mass is 10.0. The molecule has 0 radical (unpaired) electrons. The molecule has 0 saturated heterocycles. The molecule has 0 amide bonds. The van der Waals surface area contributed by atoms with Crippen molar-refractivity contribution in [1.29, 1.82) is 0 Å². The normalized spacial score (nSPS) is 17.9. The van der Waals surface area contributed by atoms with Crippen LogP contribution in [-0.4, -0.2) is 32.3 Å². The zero-order chi connectivity index (χ0) is 15.5. The number of aliphatic hydroxyl groups excluding tert-OH is 1. The van der Waals surface area contributed by atoms with Gasteiger partial charge in [0.05, 0.1) is 18.8 Å². The van der Waals surface area contributed by atoms with E-state index in [1.807, 2.05) is 0 Å². The van der Waals surface area contributed by atoms with E-state index in [1.54, 1.807) is 19.1 Å². The molecule has 2 rings (SSSR count). The van der Waals surface area contributed by atoms with E-state index < -0.39 is 15.6 Å². The van der Waals surface area contributed by atoms with Gasteiger partial charge in [-0.1, -0.05) is 28.8 Å². The molecule has 0 aliphatic heterocycles. The highest BCUT2D eigenvalue weighted by Crippen LogP contribution is 2.33. The largest absolute Gasteiger partial charge is 0.492 e. The summed E-state index contributed by atoms with van der Waals surface area (Å²) in [6, 6.07) is 4.89. The van der Waals surface area contributed by atoms with E-state index in [0.717, 1.165) is 12.8 Å². The Morgan fingerprint density at radius 2 is 2.05 bits per heavy atom. The Kier molecular flexibility index (Phi) is 5.29. The molecule has 2 N–H and O–H groups in total. The number of ether oxygens (including phenoxy) is 1. The number of hydrogen-bond acceptors (Lipinski definition) is 4. The first kappa shape index (κ1) is 16.7. The van der Waals surface area contributed by atoms with Crippen LogP contribution in [0.25, 0.3) is 0 Å². The number of rotatable bonds is 6. The van der Waals surface area contributed by atoms with Crippen LogP contribution in [0.3, 0.4) is 0 Å². The zero-order valence-corrected chi connectivity index (χ0v) is 14.3. The Labute approximate surface area is 133 Å². The fourth-order valence-electron chi connectivity index (χ4n) is 2.65. The third-order valence-electron chi connectivity index (χ3n) is 3.71. The Hall–Kier alpha value is -0.630. The van der Waals surface area contributed by atoms with Crippen LogP contribution in [0.2, 0.25) is 0 Å². The highest BCUT2D eigenvalue weighted by molar-refractivity contribution is 9.10. The molecule has 0 aromatic heterocycles. The summed E-state index contributed by atoms with van der Waals surface area (Å²) in [4.78, 5) is 0.0958. The Morgan fingerprint density at radius 3 is 2.62 bits per heavy atom. The van der Waals surface area contributed by atoms with Crippen LogP contribution in [0.1, 0.15) is 32.6 Å². The molecular formula is C14H20BrNO4S. The quantitative estimate of drug-likeness (QED) is 0.797. The monoisotopic (exact) mass is 377 g/mol. The van der Waals surface area contributed by atoms with Gasteiger partial charge in [-0.3, -0.25) is 0 Å². The van der Waals surface area contributed by atoms with E-state index >= 15 is 0 Å². The van der Waals surface area contributed by atoms with Crippen molar-refractivity contribution in [1.82, 2.24) is 4.72 Å². The number of benzene rings is 1. The second-order valence-corrected chi connectivity index (χ2v) is 7.84. The predicted molar refractivity (Wildman–Crippen MR) is 83.9 cm³/mol. The van der Waals surface area contributed by atoms with Gasteiger partial charge in [0.2, 0.25) is 10.0 Å². The lowest BCUT2D eigenvalue weighted by molar-refractivity contribution is 0.185. The molecule has 0 atom stereocenters. The highest BCUT2D eigenvalue weighted by atomic mass is 79.9. The van der Waals surface area contributed by atoms with Crippen LogP contribution < -0.4 is 9.46 Å². The molecule has 1 aromatic carbocycles. The third kappa shape index (κ3) is 3.77. The van der Waals surface area contributed by atoms with Crippen molar-refractivity contribution in [2.75, 3.05) is 13.2 Å². The van der Waals surface area contributed by atoms with Crippen molar-refractivity contribution in [3.05, 3.63) is 22.7 Å². The molecule has 118 valence electrons. The van der Waals surface area contributed by atoms with Gasteiger partial charge in [-0.15, -0.1) is 0 Å². The van der Waals surface area contributed by atoms with Crippen molar-refractivity contribution < 1.29 is 18.3 Å². The molecule has 1 aliphatic rings. The van der Waals surface area contributed by atoms with Crippen LogP contribution in [0.5, 0.6) is 5.75 Å². The summed E-state index contributed by atoms with van der Waals surface area (Å²) in [5.74, 6) is 0.319. The molecule has 0 heterocycles. The summed E-state index contributed by atoms with van der Waals surface area (Å²) < 4.78 is 34.1. The first-order chi connectivity index (χ1) is 9.92. The second-order valence-electron chi connectivity index (χ2n) is 5.28. The lowest BCUT2D eigenvalue weighted by Gasteiger charge is -2.28. The van der Waals surface area contributed by atoms with Crippen LogP contribution in [0.15, 0.2) is 27.6 Å². The van der Waals surface area contributed by atoms with Gasteiger partial charge in [0, 0.05) is 4.47 Å². The van der Waals surface area contributed by atoms with E-state index in [1.165, 1.54) is 6.07 Å². The average molecular weight is 378 g/mol. The lowest BCUT2D eigenvalue weighted by Crippen LogP contribution is -2.49. The minimum atomic E-state index is -3.75. The van der Waals surface area contributed by atoms with Gasteiger partial charge in [-0.25, -0.2) is 13.1 Å². The smallest absolute Gasteiger partial charge is 0.244 e. The second kappa shape index (κ2) is 6.64. The zero-order valence-electron chi connectivity index (χ0n) is 11.9. The van der Waals surface area contributed by atoms with E-state index in [2.05, 4.69) is 20.7 Å². The molecule has 7 heteroatoms. The fraction of sp³-hybridized carbons (Fsp3) is 0.571. The maximum absolute atomic E-state index is 12.7. The summed E-state index contributed by atoms with van der Waals surface area (Å²) in [7, 11) is -3.75. The minimum Gasteiger partial charge on any atom is -0.492 e. The van der Waals surface area contributed by atoms with Gasteiger partial charge >= 0.3 is 0 Å². The van der Waals surface area contributed by atoms with Gasteiger partial charge in [0.1, 0.15) is 10.6 Å². The molecule has 0 unspecified atom stereocenters. The summed E-state index contributed by atoms with van der Waals surface area (Å²) in [5.41, 5.74) is -0.745. The Morgan fingerprint density at radius 1 is 1.38 bits per heavy atom. The maximum Gasteiger partial charge on any atom is 0.244 e. The first-order valence-corrected chi connectivity index (χ1v) is 9.27. The van der Waals surface area contributed by atoms with Crippen molar-refractivity contribution in [3.8, 4) is 5.75 Å². The number of hydrogen-bond donors (Lipinski definition) is 2. The van der Waals surface area contributed by atoms with E-state index in [0.29, 0.717) is 29.7 Å². The third-order valence-corrected chi connectivity index (χ3v) is 5.80. The SMILES string of the molecule is CCOc1ccc(Br)cc1S(=O)(=O)NC1(CO)CCCC1. The van der Waals surface area contributed by atoms with Crippen molar-refractivity contribution in [3.63, 3.8) is 0 Å². The van der Waals surface area contributed by atoms with Gasteiger partial charge in [-0.2, -0.15) is 0 Å². The summed E-state index contributed by atoms with van der Waals surface area (Å²) in [6.45, 7) is 2.00. The Bertz CT molecular complexity index is 597. The van der Waals surface area contributed by atoms with E-state index in [4.69, 9.17) is 4.74 Å². The van der Waals surface area contributed by atoms with Crippen LogP contribution in [0.4, 0.5) is 0 Å². The van der Waals surface area contributed by atoms with Crippen LogP contribution in [0, 0.1) is 0 Å². The molecule has 0 bridgehead atoms. The number of aliphatic hydroxyl groups is 1. The molecule has 0 spiro atoms. The number of nitrogens with one attached hydrogen (secondary N) is 1. The molecular weight excluding hydrogens is 358 g/mol. The van der Waals surface area contributed by atoms with Gasteiger partial charge in [-0.05, 0) is 38.0 Å². The Balaban J connectivity index is 2.37. The topological polar surface area (TPSA) is 75.6 Å². The highest BCUT2D eigenvalue weighted by Gasteiger charge is 2.38. The molecule has 1 fully saturated rings. The maximum atomic E-state index is 12.7. The summed E-state index contributed by atoms with van der Waals surface area (Å²) in [6.07, 6.45) is 3.14. The van der Waals surface area contributed by atoms with Crippen LogP contribution >= 0.6 is 15.9 Å². The molecule has 5 nitrogen and oxygen atoms in total. The summed E-state index contributed by atoms with van der Waals surface area (Å²) >= 11 is 3.29. The predicted octanol–water partition coefficient (Wildman–Crippen LogP) is 2.43. The van der Waals surface area contributed by atoms with Gasteiger partial charge in [0.25, 0.3) is 0 Å². The van der Waals surface area contributed by atoms with Crippen molar-refractivity contribution in [2.45, 2.75) is 43.0 Å². The van der Waals surface area contributed by atoms with Gasteiger partial charge in [0.15, 0.2) is 0 Å². The molecule has 1 saturated carbocycles.